The third-order valence-corrected chi connectivity index (χ3v) is 4.14. The minimum atomic E-state index is -0.115. The first-order valence-electron chi connectivity index (χ1n) is 8.78. The molecule has 0 aliphatic carbocycles. The Labute approximate surface area is 160 Å². The molecule has 0 heterocycles. The highest BCUT2D eigenvalue weighted by Crippen LogP contribution is 2.27. The minimum absolute atomic E-state index is 0.115. The first kappa shape index (κ1) is 20.1. The lowest BCUT2D eigenvalue weighted by atomic mass is 10.1. The number of nitrogens with zero attached hydrogens (tertiary/aromatic N) is 2. The summed E-state index contributed by atoms with van der Waals surface area (Å²) in [6.07, 6.45) is 4.34. The average Bonchev–Trinajstić information content (AvgIpc) is 2.72. The van der Waals surface area contributed by atoms with E-state index in [1.54, 1.807) is 31.3 Å². The van der Waals surface area contributed by atoms with Crippen molar-refractivity contribution in [1.82, 2.24) is 4.90 Å². The number of nitriles is 1. The second-order valence-corrected chi connectivity index (χ2v) is 5.92. The zero-order valence-electron chi connectivity index (χ0n) is 15.7. The number of methoxy groups -OCH3 is 2. The topological polar surface area (TPSA) is 62.6 Å². The molecule has 0 radical (unpaired) electrons. The van der Waals surface area contributed by atoms with E-state index in [9.17, 15) is 4.79 Å². The Morgan fingerprint density at radius 1 is 1.07 bits per heavy atom. The van der Waals surface area contributed by atoms with Crippen LogP contribution in [0.25, 0.3) is 6.08 Å². The minimum Gasteiger partial charge on any atom is -0.493 e. The molecule has 140 valence electrons. The molecule has 0 saturated carbocycles. The van der Waals surface area contributed by atoms with Gasteiger partial charge in [-0.05, 0) is 35.8 Å². The Balaban J connectivity index is 2.05. The van der Waals surface area contributed by atoms with Gasteiger partial charge in [0.25, 0.3) is 0 Å². The van der Waals surface area contributed by atoms with E-state index >= 15 is 0 Å². The van der Waals surface area contributed by atoms with Crippen LogP contribution >= 0.6 is 0 Å². The van der Waals surface area contributed by atoms with Crippen LogP contribution in [0.5, 0.6) is 11.5 Å². The van der Waals surface area contributed by atoms with Gasteiger partial charge in [0.15, 0.2) is 11.5 Å². The summed E-state index contributed by atoms with van der Waals surface area (Å²) < 4.78 is 10.5. The predicted octanol–water partition coefficient (Wildman–Crippen LogP) is 3.70. The molecule has 0 atom stereocenters. The number of rotatable bonds is 9. The summed E-state index contributed by atoms with van der Waals surface area (Å²) in [5.74, 6) is 1.13. The van der Waals surface area contributed by atoms with Gasteiger partial charge in [-0.3, -0.25) is 4.79 Å². The maximum absolute atomic E-state index is 12.6. The van der Waals surface area contributed by atoms with Crippen molar-refractivity contribution < 1.29 is 14.3 Å². The normalized spacial score (nSPS) is 10.4. The highest BCUT2D eigenvalue weighted by molar-refractivity contribution is 5.91. The number of hydrogen-bond donors (Lipinski definition) is 0. The molecular weight excluding hydrogens is 340 g/mol. The van der Waals surface area contributed by atoms with E-state index in [1.165, 1.54) is 6.08 Å². The van der Waals surface area contributed by atoms with Crippen LogP contribution in [0.3, 0.4) is 0 Å². The largest absolute Gasteiger partial charge is 0.493 e. The Bertz CT molecular complexity index is 810. The molecule has 27 heavy (non-hydrogen) atoms. The van der Waals surface area contributed by atoms with Gasteiger partial charge in [-0.15, -0.1) is 0 Å². The monoisotopic (exact) mass is 364 g/mol. The lowest BCUT2D eigenvalue weighted by Gasteiger charge is -2.20. The highest BCUT2D eigenvalue weighted by Gasteiger charge is 2.11. The van der Waals surface area contributed by atoms with Gasteiger partial charge < -0.3 is 14.4 Å². The summed E-state index contributed by atoms with van der Waals surface area (Å²) in [7, 11) is 3.15. The van der Waals surface area contributed by atoms with Gasteiger partial charge in [0, 0.05) is 19.2 Å². The molecule has 0 spiro atoms. The van der Waals surface area contributed by atoms with Gasteiger partial charge in [0.2, 0.25) is 5.91 Å². The Morgan fingerprint density at radius 3 is 2.48 bits per heavy atom. The van der Waals surface area contributed by atoms with E-state index in [0.29, 0.717) is 31.0 Å². The Kier molecular flexibility index (Phi) is 7.92. The molecule has 5 heteroatoms. The fourth-order valence-electron chi connectivity index (χ4n) is 2.66. The number of carbonyl (C=O) groups excluding carboxylic acids is 1. The number of hydrogen-bond acceptors (Lipinski definition) is 4. The summed E-state index contributed by atoms with van der Waals surface area (Å²) >= 11 is 0. The number of ether oxygens (including phenoxy) is 2. The van der Waals surface area contributed by atoms with Crippen LogP contribution in [-0.2, 0) is 11.2 Å². The Morgan fingerprint density at radius 2 is 1.81 bits per heavy atom. The molecule has 5 nitrogen and oxygen atoms in total. The maximum atomic E-state index is 12.6. The van der Waals surface area contributed by atoms with Crippen LogP contribution < -0.4 is 9.47 Å². The van der Waals surface area contributed by atoms with E-state index in [4.69, 9.17) is 14.7 Å². The van der Waals surface area contributed by atoms with E-state index in [2.05, 4.69) is 6.07 Å². The fraction of sp³-hybridized carbons (Fsp3) is 0.273. The summed E-state index contributed by atoms with van der Waals surface area (Å²) in [6.45, 7) is 0.985. The van der Waals surface area contributed by atoms with E-state index in [0.717, 1.165) is 17.5 Å². The van der Waals surface area contributed by atoms with Gasteiger partial charge in [0.1, 0.15) is 0 Å². The van der Waals surface area contributed by atoms with Crippen LogP contribution in [0.15, 0.2) is 54.6 Å². The zero-order chi connectivity index (χ0) is 19.5. The lowest BCUT2D eigenvalue weighted by Crippen LogP contribution is -2.32. The van der Waals surface area contributed by atoms with Crippen LogP contribution in [0.1, 0.15) is 17.5 Å². The van der Waals surface area contributed by atoms with Crippen molar-refractivity contribution in [3.63, 3.8) is 0 Å². The van der Waals surface area contributed by atoms with Crippen molar-refractivity contribution in [2.45, 2.75) is 12.8 Å². The van der Waals surface area contributed by atoms with E-state index in [1.807, 2.05) is 42.5 Å². The molecule has 0 bridgehead atoms. The molecule has 0 N–H and O–H groups in total. The summed E-state index contributed by atoms with van der Waals surface area (Å²) in [6, 6.07) is 17.6. The van der Waals surface area contributed by atoms with E-state index in [-0.39, 0.29) is 5.91 Å². The van der Waals surface area contributed by atoms with Gasteiger partial charge in [-0.25, -0.2) is 0 Å². The van der Waals surface area contributed by atoms with Crippen LogP contribution in [0, 0.1) is 11.3 Å². The average molecular weight is 364 g/mol. The van der Waals surface area contributed by atoms with Gasteiger partial charge >= 0.3 is 0 Å². The summed E-state index contributed by atoms with van der Waals surface area (Å²) in [5.41, 5.74) is 2.00. The van der Waals surface area contributed by atoms with Crippen LogP contribution in [0.2, 0.25) is 0 Å². The molecule has 2 rings (SSSR count). The van der Waals surface area contributed by atoms with Crippen molar-refractivity contribution in [1.29, 1.82) is 5.26 Å². The lowest BCUT2D eigenvalue weighted by molar-refractivity contribution is -0.125. The molecule has 0 unspecified atom stereocenters. The zero-order valence-corrected chi connectivity index (χ0v) is 15.7. The van der Waals surface area contributed by atoms with Crippen molar-refractivity contribution in [3.8, 4) is 17.6 Å². The van der Waals surface area contributed by atoms with Crippen LogP contribution in [0.4, 0.5) is 0 Å². The first-order chi connectivity index (χ1) is 13.2. The third kappa shape index (κ3) is 6.19. The van der Waals surface area contributed by atoms with Crippen molar-refractivity contribution in [3.05, 3.63) is 65.7 Å². The molecule has 2 aromatic rings. The van der Waals surface area contributed by atoms with Crippen molar-refractivity contribution in [2.24, 2.45) is 0 Å². The molecular formula is C22H24N2O3. The quantitative estimate of drug-likeness (QED) is 0.637. The van der Waals surface area contributed by atoms with Crippen molar-refractivity contribution >= 4 is 12.0 Å². The summed E-state index contributed by atoms with van der Waals surface area (Å²) in [5, 5.41) is 8.87. The molecule has 0 aromatic heterocycles. The maximum Gasteiger partial charge on any atom is 0.246 e. The van der Waals surface area contributed by atoms with Crippen LogP contribution in [-0.4, -0.2) is 38.1 Å². The number of benzene rings is 2. The van der Waals surface area contributed by atoms with Gasteiger partial charge in [0.05, 0.1) is 26.7 Å². The number of amides is 1. The van der Waals surface area contributed by atoms with Gasteiger partial charge in [-0.1, -0.05) is 36.4 Å². The SMILES string of the molecule is COc1ccc(/C=C/C(=O)N(CCC#N)CCc2ccccc2)cc1OC. The first-order valence-corrected chi connectivity index (χ1v) is 8.78. The molecule has 2 aromatic carbocycles. The predicted molar refractivity (Wildman–Crippen MR) is 106 cm³/mol. The highest BCUT2D eigenvalue weighted by atomic mass is 16.5. The summed E-state index contributed by atoms with van der Waals surface area (Å²) in [4.78, 5) is 14.3. The molecule has 0 fully saturated rings. The number of carbonyl (C=O) groups is 1. The second kappa shape index (κ2) is 10.7. The second-order valence-electron chi connectivity index (χ2n) is 5.92. The molecule has 0 aliphatic rings. The molecule has 0 saturated heterocycles. The van der Waals surface area contributed by atoms with Gasteiger partial charge in [-0.2, -0.15) is 5.26 Å². The fourth-order valence-corrected chi connectivity index (χ4v) is 2.66. The molecule has 1 amide bonds. The Hall–Kier alpha value is -3.26. The van der Waals surface area contributed by atoms with Crippen molar-refractivity contribution in [2.75, 3.05) is 27.3 Å². The standard InChI is InChI=1S/C22H24N2O3/c1-26-20-11-9-19(17-21(20)27-2)10-12-22(25)24(15-6-14-23)16-13-18-7-4-3-5-8-18/h3-5,7-12,17H,6,13,15-16H2,1-2H3/b12-10+. The van der Waals surface area contributed by atoms with E-state index < -0.39 is 0 Å². The third-order valence-electron chi connectivity index (χ3n) is 4.14. The molecule has 0 aliphatic heterocycles. The smallest absolute Gasteiger partial charge is 0.246 e.